The number of aromatic amines is 1. The fraction of sp³-hybridized carbons (Fsp3) is 0.655. The molecule has 1 aliphatic carbocycles. The number of aryl methyl sites for hydroxylation is 2. The van der Waals surface area contributed by atoms with Gasteiger partial charge >= 0.3 is 0 Å². The molecule has 0 radical (unpaired) electrons. The first kappa shape index (κ1) is 26.4. The normalized spacial score (nSPS) is 23.4. The van der Waals surface area contributed by atoms with Gasteiger partial charge in [-0.15, -0.1) is 0 Å². The number of pyridine rings is 1. The average molecular weight is 535 g/mol. The standard InChI is InChI=1S/C29H42N8O2/c1-20-24(8-9-26(32-20)37-12-10-23(11-13-37)36-14-16-39-17-15-36)33-29-34-25(27-28(35-29)31-19-30-27)7-6-21-2-4-22(18-38)5-3-21/h8-9,19,21-23,38H,2-7,10-18H2,1H3,(H2,30,31,33,34,35). The summed E-state index contributed by atoms with van der Waals surface area (Å²) in [4.78, 5) is 27.2. The van der Waals surface area contributed by atoms with Gasteiger partial charge in [0.2, 0.25) is 5.95 Å². The van der Waals surface area contributed by atoms with Crippen LogP contribution in [0.3, 0.4) is 0 Å². The maximum absolute atomic E-state index is 9.44. The second-order valence-electron chi connectivity index (χ2n) is 11.5. The molecule has 3 aromatic heterocycles. The number of H-pyrrole nitrogens is 1. The first-order chi connectivity index (χ1) is 19.2. The molecule has 10 heteroatoms. The van der Waals surface area contributed by atoms with E-state index in [9.17, 15) is 5.11 Å². The van der Waals surface area contributed by atoms with Crippen LogP contribution in [-0.2, 0) is 11.2 Å². The Morgan fingerprint density at radius 3 is 2.49 bits per heavy atom. The zero-order valence-corrected chi connectivity index (χ0v) is 23.1. The third-order valence-electron chi connectivity index (χ3n) is 9.04. The van der Waals surface area contributed by atoms with Crippen LogP contribution in [0.4, 0.5) is 17.5 Å². The minimum atomic E-state index is 0.325. The van der Waals surface area contributed by atoms with Gasteiger partial charge in [0, 0.05) is 38.8 Å². The fourth-order valence-corrected chi connectivity index (χ4v) is 6.55. The van der Waals surface area contributed by atoms with Crippen molar-refractivity contribution in [2.45, 2.75) is 64.3 Å². The fourth-order valence-electron chi connectivity index (χ4n) is 6.55. The Bertz CT molecular complexity index is 1230. The van der Waals surface area contributed by atoms with Gasteiger partial charge < -0.3 is 25.0 Å². The highest BCUT2D eigenvalue weighted by Crippen LogP contribution is 2.32. The maximum atomic E-state index is 9.44. The Morgan fingerprint density at radius 1 is 0.974 bits per heavy atom. The summed E-state index contributed by atoms with van der Waals surface area (Å²) in [5.41, 5.74) is 4.49. The second kappa shape index (κ2) is 12.1. The maximum Gasteiger partial charge on any atom is 0.229 e. The summed E-state index contributed by atoms with van der Waals surface area (Å²) in [5, 5.41) is 12.9. The summed E-state index contributed by atoms with van der Waals surface area (Å²) in [5.74, 6) is 2.78. The second-order valence-corrected chi connectivity index (χ2v) is 11.5. The zero-order chi connectivity index (χ0) is 26.6. The van der Waals surface area contributed by atoms with Crippen LogP contribution in [0.5, 0.6) is 0 Å². The predicted octanol–water partition coefficient (Wildman–Crippen LogP) is 3.83. The van der Waals surface area contributed by atoms with E-state index in [0.29, 0.717) is 36.1 Å². The smallest absolute Gasteiger partial charge is 0.229 e. The minimum absolute atomic E-state index is 0.325. The highest BCUT2D eigenvalue weighted by Gasteiger charge is 2.27. The number of hydrogen-bond acceptors (Lipinski definition) is 9. The summed E-state index contributed by atoms with van der Waals surface area (Å²) < 4.78 is 5.53. The van der Waals surface area contributed by atoms with Gasteiger partial charge in [-0.2, -0.15) is 4.98 Å². The summed E-state index contributed by atoms with van der Waals surface area (Å²) in [6.07, 6.45) is 10.7. The first-order valence-electron chi connectivity index (χ1n) is 14.8. The lowest BCUT2D eigenvalue weighted by molar-refractivity contribution is 0.0115. The predicted molar refractivity (Wildman–Crippen MR) is 152 cm³/mol. The van der Waals surface area contributed by atoms with E-state index in [4.69, 9.17) is 14.7 Å². The molecular formula is C29H42N8O2. The zero-order valence-electron chi connectivity index (χ0n) is 23.1. The molecule has 0 unspecified atom stereocenters. The van der Waals surface area contributed by atoms with E-state index in [2.05, 4.69) is 42.2 Å². The van der Waals surface area contributed by atoms with Crippen LogP contribution in [0.1, 0.15) is 56.3 Å². The van der Waals surface area contributed by atoms with Crippen molar-refractivity contribution in [1.82, 2.24) is 29.8 Å². The van der Waals surface area contributed by atoms with Crippen molar-refractivity contribution in [3.05, 3.63) is 29.8 Å². The number of fused-ring (bicyclic) bond motifs is 1. The number of aliphatic hydroxyl groups is 1. The van der Waals surface area contributed by atoms with Crippen LogP contribution in [0.15, 0.2) is 18.5 Å². The SMILES string of the molecule is Cc1nc(N2CCC(N3CCOCC3)CC2)ccc1Nc1nc(CCC2CCC(CO)CC2)c2[nH]cnc2n1. The number of imidazole rings is 1. The Hall–Kier alpha value is -2.82. The van der Waals surface area contributed by atoms with E-state index in [0.717, 1.165) is 93.5 Å². The number of nitrogens with zero attached hydrogens (tertiary/aromatic N) is 6. The van der Waals surface area contributed by atoms with Crippen LogP contribution in [0.25, 0.3) is 11.2 Å². The lowest BCUT2D eigenvalue weighted by atomic mass is 9.80. The number of ether oxygens (including phenoxy) is 1. The third-order valence-corrected chi connectivity index (χ3v) is 9.04. The van der Waals surface area contributed by atoms with Crippen LogP contribution in [0, 0.1) is 18.8 Å². The summed E-state index contributed by atoms with van der Waals surface area (Å²) in [6.45, 7) is 8.27. The Balaban J connectivity index is 1.09. The number of rotatable bonds is 8. The summed E-state index contributed by atoms with van der Waals surface area (Å²) in [7, 11) is 0. The summed E-state index contributed by atoms with van der Waals surface area (Å²) >= 11 is 0. The molecule has 3 aliphatic rings. The van der Waals surface area contributed by atoms with Crippen molar-refractivity contribution >= 4 is 28.6 Å². The van der Waals surface area contributed by atoms with E-state index >= 15 is 0 Å². The summed E-state index contributed by atoms with van der Waals surface area (Å²) in [6, 6.07) is 4.87. The van der Waals surface area contributed by atoms with E-state index in [1.54, 1.807) is 6.33 Å². The van der Waals surface area contributed by atoms with E-state index in [-0.39, 0.29) is 0 Å². The lowest BCUT2D eigenvalue weighted by Crippen LogP contribution is -2.49. The Kier molecular flexibility index (Phi) is 8.22. The van der Waals surface area contributed by atoms with Crippen molar-refractivity contribution in [2.75, 3.05) is 56.2 Å². The van der Waals surface area contributed by atoms with Crippen LogP contribution < -0.4 is 10.2 Å². The molecule has 3 N–H and O–H groups in total. The molecule has 6 rings (SSSR count). The highest BCUT2D eigenvalue weighted by molar-refractivity contribution is 5.75. The lowest BCUT2D eigenvalue weighted by Gasteiger charge is -2.40. The van der Waals surface area contributed by atoms with Gasteiger partial charge in [-0.05, 0) is 69.4 Å². The Morgan fingerprint density at radius 2 is 1.74 bits per heavy atom. The third kappa shape index (κ3) is 6.18. The van der Waals surface area contributed by atoms with E-state index in [1.165, 1.54) is 25.7 Å². The largest absolute Gasteiger partial charge is 0.396 e. The molecule has 0 spiro atoms. The van der Waals surface area contributed by atoms with Gasteiger partial charge in [0.25, 0.3) is 0 Å². The van der Waals surface area contributed by atoms with Gasteiger partial charge in [0.1, 0.15) is 11.3 Å². The molecule has 5 heterocycles. The number of anilines is 3. The minimum Gasteiger partial charge on any atom is -0.396 e. The van der Waals surface area contributed by atoms with Crippen molar-refractivity contribution in [2.24, 2.45) is 11.8 Å². The highest BCUT2D eigenvalue weighted by atomic mass is 16.5. The van der Waals surface area contributed by atoms with Crippen molar-refractivity contribution in [3.63, 3.8) is 0 Å². The number of aromatic nitrogens is 5. The Labute approximate surface area is 230 Å². The molecule has 0 amide bonds. The molecule has 2 aliphatic heterocycles. The first-order valence-corrected chi connectivity index (χ1v) is 14.8. The quantitative estimate of drug-likeness (QED) is 0.396. The van der Waals surface area contributed by atoms with E-state index in [1.807, 2.05) is 6.92 Å². The molecule has 210 valence electrons. The van der Waals surface area contributed by atoms with Crippen molar-refractivity contribution in [1.29, 1.82) is 0 Å². The number of hydrogen-bond donors (Lipinski definition) is 3. The van der Waals surface area contributed by atoms with Gasteiger partial charge in [-0.3, -0.25) is 4.90 Å². The molecule has 39 heavy (non-hydrogen) atoms. The molecule has 0 aromatic carbocycles. The van der Waals surface area contributed by atoms with Gasteiger partial charge in [0.05, 0.1) is 36.6 Å². The molecule has 3 fully saturated rings. The molecule has 0 bridgehead atoms. The average Bonchev–Trinajstić information content (AvgIpc) is 3.47. The van der Waals surface area contributed by atoms with Crippen LogP contribution in [-0.4, -0.2) is 87.0 Å². The molecule has 3 aromatic rings. The van der Waals surface area contributed by atoms with Crippen LogP contribution >= 0.6 is 0 Å². The molecule has 1 saturated carbocycles. The topological polar surface area (TPSA) is 115 Å². The molecule has 10 nitrogen and oxygen atoms in total. The monoisotopic (exact) mass is 534 g/mol. The molecule has 0 atom stereocenters. The molecule has 2 saturated heterocycles. The van der Waals surface area contributed by atoms with Crippen molar-refractivity contribution < 1.29 is 9.84 Å². The number of morpholine rings is 1. The van der Waals surface area contributed by atoms with Gasteiger partial charge in [0.15, 0.2) is 5.65 Å². The molecular weight excluding hydrogens is 492 g/mol. The van der Waals surface area contributed by atoms with E-state index < -0.39 is 0 Å². The van der Waals surface area contributed by atoms with Gasteiger partial charge in [-0.25, -0.2) is 15.0 Å². The van der Waals surface area contributed by atoms with Crippen LogP contribution in [0.2, 0.25) is 0 Å². The van der Waals surface area contributed by atoms with Crippen molar-refractivity contribution in [3.8, 4) is 0 Å². The number of aliphatic hydroxyl groups excluding tert-OH is 1. The number of nitrogens with one attached hydrogen (secondary N) is 2. The number of piperidine rings is 1. The van der Waals surface area contributed by atoms with Gasteiger partial charge in [-0.1, -0.05) is 12.8 Å².